The van der Waals surface area contributed by atoms with Gasteiger partial charge in [0.15, 0.2) is 17.2 Å². The van der Waals surface area contributed by atoms with Gasteiger partial charge in [-0.1, -0.05) is 0 Å². The van der Waals surface area contributed by atoms with E-state index in [4.69, 9.17) is 10.5 Å². The van der Waals surface area contributed by atoms with Crippen molar-refractivity contribution in [1.82, 2.24) is 16.0 Å². The molecule has 0 bridgehead atoms. The van der Waals surface area contributed by atoms with Crippen LogP contribution in [0.5, 0.6) is 0 Å². The van der Waals surface area contributed by atoms with Crippen molar-refractivity contribution in [2.75, 3.05) is 6.54 Å². The highest BCUT2D eigenvalue weighted by Crippen LogP contribution is 2.08. The Morgan fingerprint density at radius 3 is 2.69 bits per heavy atom. The summed E-state index contributed by atoms with van der Waals surface area (Å²) in [7, 11) is 0. The molecular weight excluding hydrogens is 170 g/mol. The third-order valence-corrected chi connectivity index (χ3v) is 1.42. The van der Waals surface area contributed by atoms with E-state index in [-0.39, 0.29) is 23.7 Å². The van der Waals surface area contributed by atoms with Gasteiger partial charge >= 0.3 is 0 Å². The van der Waals surface area contributed by atoms with Gasteiger partial charge in [-0.15, -0.1) is 5.53 Å². The molecule has 2 N–H and O–H groups in total. The Morgan fingerprint density at radius 2 is 2.23 bits per heavy atom. The topological polar surface area (TPSA) is 91.9 Å². The number of hydrogen-bond donors (Lipinski definition) is 2. The molecule has 1 aliphatic heterocycles. The molecule has 13 heavy (non-hydrogen) atoms. The van der Waals surface area contributed by atoms with E-state index >= 15 is 0 Å². The largest absolute Gasteiger partial charge is 0.298 e. The zero-order chi connectivity index (χ0) is 9.84. The first-order valence-electron chi connectivity index (χ1n) is 3.52. The Labute approximate surface area is 75.0 Å². The average Bonchev–Trinajstić information content (AvgIpc) is 2.45. The van der Waals surface area contributed by atoms with E-state index in [1.165, 1.54) is 11.9 Å². The third kappa shape index (κ3) is 1.75. The van der Waals surface area contributed by atoms with Crippen LogP contribution in [0.4, 0.5) is 0 Å². The van der Waals surface area contributed by atoms with Crippen LogP contribution < -0.4 is 11.0 Å². The number of carbonyl (C=O) groups excluding carboxylic acids is 1. The molecule has 0 unspecified atom stereocenters. The van der Waals surface area contributed by atoms with Crippen LogP contribution in [0.2, 0.25) is 0 Å². The van der Waals surface area contributed by atoms with Crippen molar-refractivity contribution < 1.29 is 4.79 Å². The molecule has 0 atom stereocenters. The van der Waals surface area contributed by atoms with Crippen LogP contribution in [0.3, 0.4) is 0 Å². The number of nitrogens with zero attached hydrogens (tertiary/aromatic N) is 3. The minimum atomic E-state index is -0.0961. The first-order valence-corrected chi connectivity index (χ1v) is 3.52. The van der Waals surface area contributed by atoms with Crippen LogP contribution in [-0.2, 0) is 4.79 Å². The molecular formula is C7H7N5O. The van der Waals surface area contributed by atoms with Gasteiger partial charge in [-0.3, -0.25) is 15.2 Å². The summed E-state index contributed by atoms with van der Waals surface area (Å²) in [4.78, 5) is 10.7. The standard InChI is InChI=1S/C7H7N5O/c1-5(13)4-12-7(3-9)6(2-8)10-11-12/h10-11H,4H2,1H3. The van der Waals surface area contributed by atoms with E-state index in [9.17, 15) is 4.79 Å². The molecule has 0 amide bonds. The first-order chi connectivity index (χ1) is 6.19. The molecule has 0 aromatic carbocycles. The normalized spacial score (nSPS) is 14.8. The van der Waals surface area contributed by atoms with Gasteiger partial charge in [-0.05, 0) is 6.92 Å². The van der Waals surface area contributed by atoms with Crippen LogP contribution >= 0.6 is 0 Å². The Bertz CT molecular complexity index is 345. The molecule has 0 saturated heterocycles. The number of Topliss-reactive ketones (excluding diaryl/α,β-unsaturated/α-hetero) is 1. The number of nitrogens with one attached hydrogen (secondary N) is 2. The maximum atomic E-state index is 10.7. The van der Waals surface area contributed by atoms with Crippen LogP contribution in [0.25, 0.3) is 0 Å². The summed E-state index contributed by atoms with van der Waals surface area (Å²) in [5.41, 5.74) is 5.28. The zero-order valence-electron chi connectivity index (χ0n) is 6.96. The molecule has 1 rings (SSSR count). The smallest absolute Gasteiger partial charge is 0.168 e. The summed E-state index contributed by atoms with van der Waals surface area (Å²) in [5.74, 6) is -0.0961. The second kappa shape index (κ2) is 3.57. The van der Waals surface area contributed by atoms with Crippen LogP contribution in [0.1, 0.15) is 6.92 Å². The highest BCUT2D eigenvalue weighted by molar-refractivity contribution is 5.78. The number of hydrazine groups is 2. The third-order valence-electron chi connectivity index (χ3n) is 1.42. The Balaban J connectivity index is 2.84. The molecule has 1 aliphatic rings. The fourth-order valence-corrected chi connectivity index (χ4v) is 0.912. The second-order valence-electron chi connectivity index (χ2n) is 2.47. The summed E-state index contributed by atoms with van der Waals surface area (Å²) in [5, 5.41) is 18.5. The number of hydrogen-bond acceptors (Lipinski definition) is 6. The van der Waals surface area contributed by atoms with E-state index in [1.807, 2.05) is 6.07 Å². The van der Waals surface area contributed by atoms with E-state index < -0.39 is 0 Å². The Hall–Kier alpha value is -2.05. The minimum Gasteiger partial charge on any atom is -0.298 e. The van der Waals surface area contributed by atoms with Gasteiger partial charge < -0.3 is 0 Å². The van der Waals surface area contributed by atoms with E-state index in [2.05, 4.69) is 11.0 Å². The van der Waals surface area contributed by atoms with Gasteiger partial charge in [-0.25, -0.2) is 0 Å². The summed E-state index contributed by atoms with van der Waals surface area (Å²) in [6.07, 6.45) is 0. The lowest BCUT2D eigenvalue weighted by Crippen LogP contribution is -2.40. The Morgan fingerprint density at radius 1 is 1.54 bits per heavy atom. The molecule has 66 valence electrons. The van der Waals surface area contributed by atoms with Gasteiger partial charge in [0.2, 0.25) is 0 Å². The van der Waals surface area contributed by atoms with Gasteiger partial charge in [0.1, 0.15) is 12.1 Å². The highest BCUT2D eigenvalue weighted by atomic mass is 16.1. The van der Waals surface area contributed by atoms with Gasteiger partial charge in [0.05, 0.1) is 6.54 Å². The lowest BCUT2D eigenvalue weighted by molar-refractivity contribution is -0.118. The van der Waals surface area contributed by atoms with Gasteiger partial charge in [0.25, 0.3) is 0 Å². The number of allylic oxidation sites excluding steroid dienone is 2. The van der Waals surface area contributed by atoms with Crippen molar-refractivity contribution in [2.45, 2.75) is 6.92 Å². The predicted octanol–water partition coefficient (Wildman–Crippen LogP) is -0.841. The minimum absolute atomic E-state index is 0.0566. The van der Waals surface area contributed by atoms with E-state index in [0.29, 0.717) is 0 Å². The maximum absolute atomic E-state index is 10.7. The Kier molecular flexibility index (Phi) is 2.48. The van der Waals surface area contributed by atoms with Crippen molar-refractivity contribution in [3.05, 3.63) is 11.4 Å². The number of nitriles is 2. The number of rotatable bonds is 2. The van der Waals surface area contributed by atoms with Gasteiger partial charge in [0, 0.05) is 0 Å². The lowest BCUT2D eigenvalue weighted by Gasteiger charge is -2.14. The van der Waals surface area contributed by atoms with E-state index in [1.54, 1.807) is 6.07 Å². The van der Waals surface area contributed by atoms with Crippen LogP contribution in [0, 0.1) is 22.7 Å². The van der Waals surface area contributed by atoms with Crippen LogP contribution in [-0.4, -0.2) is 17.3 Å². The predicted molar refractivity (Wildman–Crippen MR) is 41.9 cm³/mol. The fraction of sp³-hybridized carbons (Fsp3) is 0.286. The summed E-state index contributed by atoms with van der Waals surface area (Å²) < 4.78 is 0. The maximum Gasteiger partial charge on any atom is 0.168 e. The zero-order valence-corrected chi connectivity index (χ0v) is 6.96. The van der Waals surface area contributed by atoms with E-state index in [0.717, 1.165) is 0 Å². The first kappa shape index (κ1) is 9.04. The molecule has 6 nitrogen and oxygen atoms in total. The average molecular weight is 177 g/mol. The molecule has 6 heteroatoms. The molecule has 0 aliphatic carbocycles. The lowest BCUT2D eigenvalue weighted by atomic mass is 10.3. The summed E-state index contributed by atoms with van der Waals surface area (Å²) in [6, 6.07) is 3.62. The molecule has 0 saturated carbocycles. The molecule has 0 fully saturated rings. The molecule has 0 spiro atoms. The van der Waals surface area contributed by atoms with Crippen molar-refractivity contribution >= 4 is 5.78 Å². The SMILES string of the molecule is CC(=O)CN1NNC(C#N)=C1C#N. The summed E-state index contributed by atoms with van der Waals surface area (Å²) in [6.45, 7) is 1.46. The van der Waals surface area contributed by atoms with Crippen molar-refractivity contribution in [1.29, 1.82) is 10.5 Å². The fourth-order valence-electron chi connectivity index (χ4n) is 0.912. The quantitative estimate of drug-likeness (QED) is 0.571. The number of carbonyl (C=O) groups is 1. The van der Waals surface area contributed by atoms with Crippen molar-refractivity contribution in [2.24, 2.45) is 0 Å². The molecule has 0 aromatic heterocycles. The van der Waals surface area contributed by atoms with Gasteiger partial charge in [-0.2, -0.15) is 10.5 Å². The van der Waals surface area contributed by atoms with Crippen molar-refractivity contribution in [3.8, 4) is 12.1 Å². The molecule has 0 aromatic rings. The van der Waals surface area contributed by atoms with Crippen LogP contribution in [0.15, 0.2) is 11.4 Å². The highest BCUT2D eigenvalue weighted by Gasteiger charge is 2.22. The monoisotopic (exact) mass is 177 g/mol. The second-order valence-corrected chi connectivity index (χ2v) is 2.47. The molecule has 1 heterocycles. The summed E-state index contributed by atoms with van der Waals surface area (Å²) >= 11 is 0. The van der Waals surface area contributed by atoms with Crippen molar-refractivity contribution in [3.63, 3.8) is 0 Å². The number of ketones is 1. The molecule has 0 radical (unpaired) electrons.